The second-order valence-corrected chi connectivity index (χ2v) is 9.83. The van der Waals surface area contributed by atoms with Gasteiger partial charge in [0.2, 0.25) is 11.6 Å². The highest BCUT2D eigenvalue weighted by Gasteiger charge is 2.37. The van der Waals surface area contributed by atoms with Crippen LogP contribution >= 0.6 is 23.2 Å². The van der Waals surface area contributed by atoms with Gasteiger partial charge in [-0.05, 0) is 50.3 Å². The number of likely N-dealkylation sites (tertiary alicyclic amines) is 1. The first-order valence-corrected chi connectivity index (χ1v) is 12.2. The number of hydrogen-bond donors (Lipinski definition) is 2. The zero-order valence-corrected chi connectivity index (χ0v) is 20.5. The van der Waals surface area contributed by atoms with E-state index in [9.17, 15) is 15.2 Å². The Morgan fingerprint density at radius 1 is 1.29 bits per heavy atom. The van der Waals surface area contributed by atoms with Crippen molar-refractivity contribution in [1.82, 2.24) is 9.88 Å². The van der Waals surface area contributed by atoms with E-state index in [1.165, 1.54) is 6.42 Å². The molecular formula is C23H29Cl2N5O4. The minimum atomic E-state index is -0.575. The molecule has 2 aliphatic rings. The average Bonchev–Trinajstić information content (AvgIpc) is 2.72. The number of nitrogens with two attached hydrogens (primary N) is 1. The molecule has 3 N–H and O–H groups in total. The maximum atomic E-state index is 11.7. The summed E-state index contributed by atoms with van der Waals surface area (Å²) in [6.45, 7) is 6.28. The molecule has 1 aromatic heterocycles. The molecule has 2 saturated heterocycles. The van der Waals surface area contributed by atoms with Gasteiger partial charge in [0.25, 0.3) is 0 Å². The number of piperidine rings is 1. The highest BCUT2D eigenvalue weighted by Crippen LogP contribution is 2.41. The van der Waals surface area contributed by atoms with Crippen LogP contribution in [0, 0.1) is 22.0 Å². The number of nitrogen functional groups attached to an aromatic ring is 1. The van der Waals surface area contributed by atoms with E-state index in [-0.39, 0.29) is 23.9 Å². The Bertz CT molecular complexity index is 1050. The number of halogens is 2. The van der Waals surface area contributed by atoms with Crippen molar-refractivity contribution in [3.63, 3.8) is 0 Å². The fourth-order valence-corrected chi connectivity index (χ4v) is 5.42. The third-order valence-electron chi connectivity index (χ3n) is 6.72. The Kier molecular flexibility index (Phi) is 7.67. The second-order valence-electron chi connectivity index (χ2n) is 8.99. The van der Waals surface area contributed by atoms with Crippen LogP contribution in [-0.4, -0.2) is 59.2 Å². The van der Waals surface area contributed by atoms with Crippen LogP contribution in [0.2, 0.25) is 10.0 Å². The second kappa shape index (κ2) is 10.5. The summed E-state index contributed by atoms with van der Waals surface area (Å²) in [6, 6.07) is 6.61. The Balaban J connectivity index is 1.50. The molecule has 0 spiro atoms. The quantitative estimate of drug-likeness (QED) is 0.402. The minimum absolute atomic E-state index is 0.0567. The van der Waals surface area contributed by atoms with Crippen LogP contribution < -0.4 is 15.4 Å². The Morgan fingerprint density at radius 2 is 2.06 bits per heavy atom. The molecule has 2 atom stereocenters. The maximum absolute atomic E-state index is 11.7. The summed E-state index contributed by atoms with van der Waals surface area (Å²) in [5, 5.41) is 21.9. The van der Waals surface area contributed by atoms with Gasteiger partial charge in [0, 0.05) is 47.9 Å². The van der Waals surface area contributed by atoms with Crippen LogP contribution in [0.25, 0.3) is 0 Å². The minimum Gasteiger partial charge on any atom is -0.479 e. The first-order valence-electron chi connectivity index (χ1n) is 11.4. The first kappa shape index (κ1) is 24.8. The molecule has 184 valence electrons. The summed E-state index contributed by atoms with van der Waals surface area (Å²) in [4.78, 5) is 19.8. The lowest BCUT2D eigenvalue weighted by Crippen LogP contribution is -2.54. The number of benzene rings is 1. The van der Waals surface area contributed by atoms with Crippen molar-refractivity contribution < 1.29 is 14.8 Å². The number of pyridine rings is 1. The van der Waals surface area contributed by atoms with E-state index in [0.717, 1.165) is 32.6 Å². The Morgan fingerprint density at radius 3 is 2.74 bits per heavy atom. The Hall–Kier alpha value is -2.33. The molecule has 0 unspecified atom stereocenters. The van der Waals surface area contributed by atoms with Crippen LogP contribution in [0.15, 0.2) is 24.3 Å². The molecule has 1 aromatic carbocycles. The van der Waals surface area contributed by atoms with Crippen molar-refractivity contribution in [2.75, 3.05) is 50.0 Å². The summed E-state index contributed by atoms with van der Waals surface area (Å²) in [5.41, 5.74) is 6.30. The van der Waals surface area contributed by atoms with Gasteiger partial charge >= 0.3 is 5.69 Å². The van der Waals surface area contributed by atoms with Crippen molar-refractivity contribution in [2.24, 2.45) is 11.8 Å². The predicted molar refractivity (Wildman–Crippen MR) is 133 cm³/mol. The molecule has 34 heavy (non-hydrogen) atoms. The molecule has 0 bridgehead atoms. The number of β-amino-alcohol motifs (C(OH)–C–C–N with tert-alkyl or cyclic N) is 1. The Labute approximate surface area is 208 Å². The monoisotopic (exact) mass is 509 g/mol. The molecule has 0 amide bonds. The predicted octanol–water partition coefficient (Wildman–Crippen LogP) is 4.16. The van der Waals surface area contributed by atoms with Gasteiger partial charge in [0.05, 0.1) is 11.5 Å². The molecule has 3 heterocycles. The van der Waals surface area contributed by atoms with Crippen molar-refractivity contribution in [2.45, 2.75) is 25.9 Å². The van der Waals surface area contributed by atoms with Gasteiger partial charge in [-0.1, -0.05) is 29.3 Å². The first-order chi connectivity index (χ1) is 16.3. The van der Waals surface area contributed by atoms with Crippen LogP contribution in [0.4, 0.5) is 17.3 Å². The lowest BCUT2D eigenvalue weighted by atomic mass is 9.80. The fourth-order valence-electron chi connectivity index (χ4n) is 4.86. The van der Waals surface area contributed by atoms with Crippen LogP contribution in [0.5, 0.6) is 5.75 Å². The molecular weight excluding hydrogens is 481 g/mol. The van der Waals surface area contributed by atoms with Gasteiger partial charge in [-0.15, -0.1) is 0 Å². The van der Waals surface area contributed by atoms with Crippen molar-refractivity contribution >= 4 is 40.5 Å². The topological polar surface area (TPSA) is 118 Å². The van der Waals surface area contributed by atoms with E-state index in [2.05, 4.69) is 14.8 Å². The maximum Gasteiger partial charge on any atom is 0.352 e. The third kappa shape index (κ3) is 5.33. The SMILES string of the molecule is C[C@@H](Oc1cc(N2CC([C@H]3CCCN(CCO)C3)C2)nc(N)c1[N+](=O)[O-])c1ccc(Cl)cc1Cl. The number of nitro groups is 1. The highest BCUT2D eigenvalue weighted by molar-refractivity contribution is 6.35. The van der Waals surface area contributed by atoms with Gasteiger partial charge in [-0.25, -0.2) is 4.98 Å². The molecule has 0 radical (unpaired) electrons. The number of aliphatic hydroxyl groups excluding tert-OH is 1. The summed E-state index contributed by atoms with van der Waals surface area (Å²) in [6.07, 6.45) is 1.74. The number of anilines is 2. The standard InChI is InChI=1S/C23H29Cl2N5O4/c1-14(18-5-4-17(24)9-19(18)25)34-20-10-21(27-23(26)22(20)30(32)33)29-12-16(13-29)15-3-2-6-28(11-15)7-8-31/h4-5,9-10,14-16,31H,2-3,6-8,11-13H2,1H3,(H2,26,27)/t14-,15+/m1/s1. The number of rotatable bonds is 8. The summed E-state index contributed by atoms with van der Waals surface area (Å²) in [5.74, 6) is 1.51. The van der Waals surface area contributed by atoms with Crippen LogP contribution in [0.1, 0.15) is 31.4 Å². The molecule has 4 rings (SSSR count). The van der Waals surface area contributed by atoms with Crippen molar-refractivity contribution in [3.05, 3.63) is 50.0 Å². The number of nitrogens with zero attached hydrogens (tertiary/aromatic N) is 4. The third-order valence-corrected chi connectivity index (χ3v) is 7.28. The van der Waals surface area contributed by atoms with Crippen molar-refractivity contribution in [1.29, 1.82) is 0 Å². The van der Waals surface area contributed by atoms with Gasteiger partial charge in [0.1, 0.15) is 11.9 Å². The normalized spacial score (nSPS) is 20.1. The molecule has 2 fully saturated rings. The van der Waals surface area contributed by atoms with Crippen LogP contribution in [0.3, 0.4) is 0 Å². The summed E-state index contributed by atoms with van der Waals surface area (Å²) < 4.78 is 5.99. The van der Waals surface area contributed by atoms with E-state index in [1.807, 2.05) is 0 Å². The van der Waals surface area contributed by atoms with E-state index in [4.69, 9.17) is 33.7 Å². The molecule has 2 aromatic rings. The summed E-state index contributed by atoms with van der Waals surface area (Å²) in [7, 11) is 0. The van der Waals surface area contributed by atoms with Crippen molar-refractivity contribution in [3.8, 4) is 5.75 Å². The fraction of sp³-hybridized carbons (Fsp3) is 0.522. The average molecular weight is 510 g/mol. The molecule has 11 heteroatoms. The van der Waals surface area contributed by atoms with Gasteiger partial charge < -0.3 is 25.4 Å². The smallest absolute Gasteiger partial charge is 0.352 e. The number of ether oxygens (including phenoxy) is 1. The number of aliphatic hydroxyl groups is 1. The molecule has 9 nitrogen and oxygen atoms in total. The zero-order valence-electron chi connectivity index (χ0n) is 19.0. The number of hydrogen-bond acceptors (Lipinski definition) is 8. The van der Waals surface area contributed by atoms with E-state index >= 15 is 0 Å². The molecule has 2 aliphatic heterocycles. The summed E-state index contributed by atoms with van der Waals surface area (Å²) >= 11 is 12.3. The van der Waals surface area contributed by atoms with E-state index in [0.29, 0.717) is 39.8 Å². The zero-order chi connectivity index (χ0) is 24.4. The van der Waals surface area contributed by atoms with Gasteiger partial charge in [0.15, 0.2) is 0 Å². The highest BCUT2D eigenvalue weighted by atomic mass is 35.5. The molecule has 0 aliphatic carbocycles. The van der Waals surface area contributed by atoms with Gasteiger partial charge in [-0.2, -0.15) is 0 Å². The molecule has 0 saturated carbocycles. The lowest BCUT2D eigenvalue weighted by molar-refractivity contribution is -0.385. The van der Waals surface area contributed by atoms with E-state index < -0.39 is 11.0 Å². The van der Waals surface area contributed by atoms with Crippen LogP contribution in [-0.2, 0) is 0 Å². The number of aromatic nitrogens is 1. The van der Waals surface area contributed by atoms with E-state index in [1.54, 1.807) is 31.2 Å². The largest absolute Gasteiger partial charge is 0.479 e. The van der Waals surface area contributed by atoms with Gasteiger partial charge in [-0.3, -0.25) is 10.1 Å². The lowest BCUT2D eigenvalue weighted by Gasteiger charge is -2.47.